The van der Waals surface area contributed by atoms with Gasteiger partial charge in [0.1, 0.15) is 5.75 Å². The van der Waals surface area contributed by atoms with Crippen molar-refractivity contribution in [1.29, 1.82) is 0 Å². The van der Waals surface area contributed by atoms with Crippen LogP contribution >= 0.6 is 11.3 Å². The van der Waals surface area contributed by atoms with Crippen LogP contribution in [-0.2, 0) is 0 Å². The second-order valence-corrected chi connectivity index (χ2v) is 4.43. The lowest BCUT2D eigenvalue weighted by molar-refractivity contribution is 0.112. The number of hydrogen-bond acceptors (Lipinski definition) is 4. The number of aromatic hydroxyl groups is 1. The van der Waals surface area contributed by atoms with E-state index in [1.807, 2.05) is 11.4 Å². The van der Waals surface area contributed by atoms with E-state index in [2.05, 4.69) is 4.98 Å². The Balaban J connectivity index is 2.53. The molecule has 0 bridgehead atoms. The van der Waals surface area contributed by atoms with Gasteiger partial charge < -0.3 is 5.11 Å². The SMILES string of the molecule is O=Cc1cc2c(cc1O)ncc1ccsc12. The maximum atomic E-state index is 10.8. The van der Waals surface area contributed by atoms with Gasteiger partial charge in [-0.05, 0) is 17.5 Å². The van der Waals surface area contributed by atoms with Crippen molar-refractivity contribution in [2.45, 2.75) is 0 Å². The minimum Gasteiger partial charge on any atom is -0.507 e. The molecule has 3 nitrogen and oxygen atoms in total. The van der Waals surface area contributed by atoms with Gasteiger partial charge in [0.25, 0.3) is 0 Å². The Hall–Kier alpha value is -1.94. The van der Waals surface area contributed by atoms with Crippen LogP contribution in [0, 0.1) is 0 Å². The number of aromatic nitrogens is 1. The van der Waals surface area contributed by atoms with Crippen molar-refractivity contribution in [1.82, 2.24) is 4.98 Å². The highest BCUT2D eigenvalue weighted by Crippen LogP contribution is 2.31. The van der Waals surface area contributed by atoms with E-state index in [1.54, 1.807) is 23.6 Å². The molecule has 16 heavy (non-hydrogen) atoms. The number of phenols is 1. The number of benzene rings is 1. The third kappa shape index (κ3) is 1.20. The van der Waals surface area contributed by atoms with Crippen LogP contribution in [0.15, 0.2) is 29.8 Å². The molecule has 0 spiro atoms. The Morgan fingerprint density at radius 3 is 3.06 bits per heavy atom. The molecule has 0 amide bonds. The van der Waals surface area contributed by atoms with Crippen molar-refractivity contribution < 1.29 is 9.90 Å². The van der Waals surface area contributed by atoms with Gasteiger partial charge in [0, 0.05) is 27.7 Å². The second kappa shape index (κ2) is 3.28. The number of aldehydes is 1. The van der Waals surface area contributed by atoms with Crippen molar-refractivity contribution in [3.05, 3.63) is 35.3 Å². The minimum atomic E-state index is -0.0223. The first-order valence-corrected chi connectivity index (χ1v) is 5.61. The van der Waals surface area contributed by atoms with Gasteiger partial charge in [-0.2, -0.15) is 0 Å². The van der Waals surface area contributed by atoms with Crippen LogP contribution in [0.25, 0.3) is 21.0 Å². The number of nitrogens with zero attached hydrogens (tertiary/aromatic N) is 1. The van der Waals surface area contributed by atoms with E-state index in [0.717, 1.165) is 15.5 Å². The van der Waals surface area contributed by atoms with Gasteiger partial charge in [-0.1, -0.05) is 0 Å². The molecule has 0 aliphatic heterocycles. The highest BCUT2D eigenvalue weighted by molar-refractivity contribution is 7.18. The van der Waals surface area contributed by atoms with Crippen molar-refractivity contribution in [2.75, 3.05) is 0 Å². The monoisotopic (exact) mass is 229 g/mol. The van der Waals surface area contributed by atoms with Gasteiger partial charge in [-0.3, -0.25) is 9.78 Å². The average Bonchev–Trinajstić information content (AvgIpc) is 2.76. The van der Waals surface area contributed by atoms with Crippen molar-refractivity contribution in [3.8, 4) is 5.75 Å². The van der Waals surface area contributed by atoms with E-state index < -0.39 is 0 Å². The van der Waals surface area contributed by atoms with Crippen LogP contribution in [0.2, 0.25) is 0 Å². The molecule has 4 heteroatoms. The Bertz CT molecular complexity index is 703. The first kappa shape index (κ1) is 9.30. The number of carbonyl (C=O) groups is 1. The topological polar surface area (TPSA) is 50.2 Å². The molecular formula is C12H7NO2S. The summed E-state index contributed by atoms with van der Waals surface area (Å²) >= 11 is 1.60. The summed E-state index contributed by atoms with van der Waals surface area (Å²) in [4.78, 5) is 15.0. The number of phenolic OH excluding ortho intramolecular Hbond substituents is 1. The van der Waals surface area contributed by atoms with E-state index in [1.165, 1.54) is 6.07 Å². The van der Waals surface area contributed by atoms with E-state index >= 15 is 0 Å². The summed E-state index contributed by atoms with van der Waals surface area (Å²) < 4.78 is 1.09. The lowest BCUT2D eigenvalue weighted by Crippen LogP contribution is -1.85. The van der Waals surface area contributed by atoms with Gasteiger partial charge in [0.2, 0.25) is 0 Å². The van der Waals surface area contributed by atoms with Crippen molar-refractivity contribution in [3.63, 3.8) is 0 Å². The van der Waals surface area contributed by atoms with Crippen LogP contribution in [0.3, 0.4) is 0 Å². The molecule has 3 aromatic rings. The van der Waals surface area contributed by atoms with Crippen LogP contribution in [0.1, 0.15) is 10.4 Å². The lowest BCUT2D eigenvalue weighted by atomic mass is 10.1. The predicted molar refractivity (Wildman–Crippen MR) is 64.2 cm³/mol. The molecule has 1 N–H and O–H groups in total. The largest absolute Gasteiger partial charge is 0.507 e. The zero-order chi connectivity index (χ0) is 11.1. The maximum Gasteiger partial charge on any atom is 0.153 e. The van der Waals surface area contributed by atoms with E-state index in [0.29, 0.717) is 17.4 Å². The fourth-order valence-corrected chi connectivity index (χ4v) is 2.65. The van der Waals surface area contributed by atoms with E-state index in [9.17, 15) is 9.90 Å². The highest BCUT2D eigenvalue weighted by atomic mass is 32.1. The van der Waals surface area contributed by atoms with E-state index in [-0.39, 0.29) is 5.75 Å². The first-order valence-electron chi connectivity index (χ1n) is 4.74. The van der Waals surface area contributed by atoms with Crippen LogP contribution in [0.4, 0.5) is 0 Å². The summed E-state index contributed by atoms with van der Waals surface area (Å²) in [6.45, 7) is 0. The quantitative estimate of drug-likeness (QED) is 0.652. The van der Waals surface area contributed by atoms with Crippen molar-refractivity contribution in [2.24, 2.45) is 0 Å². The third-order valence-electron chi connectivity index (χ3n) is 2.55. The summed E-state index contributed by atoms with van der Waals surface area (Å²) in [6.07, 6.45) is 2.43. The molecule has 0 radical (unpaired) electrons. The molecule has 0 atom stereocenters. The molecule has 78 valence electrons. The van der Waals surface area contributed by atoms with Gasteiger partial charge in [-0.15, -0.1) is 11.3 Å². The maximum absolute atomic E-state index is 10.8. The molecule has 0 saturated carbocycles. The smallest absolute Gasteiger partial charge is 0.153 e. The summed E-state index contributed by atoms with van der Waals surface area (Å²) in [5.74, 6) is -0.0223. The Kier molecular flexibility index (Phi) is 1.91. The summed E-state index contributed by atoms with van der Waals surface area (Å²) in [6, 6.07) is 5.20. The fourth-order valence-electron chi connectivity index (χ4n) is 1.76. The third-order valence-corrected chi connectivity index (χ3v) is 3.52. The van der Waals surface area contributed by atoms with Gasteiger partial charge in [0.05, 0.1) is 11.1 Å². The van der Waals surface area contributed by atoms with Crippen LogP contribution in [0.5, 0.6) is 5.75 Å². The molecule has 0 unspecified atom stereocenters. The normalized spacial score (nSPS) is 11.0. The van der Waals surface area contributed by atoms with Crippen LogP contribution < -0.4 is 0 Å². The Labute approximate surface area is 95.0 Å². The van der Waals surface area contributed by atoms with Gasteiger partial charge in [0.15, 0.2) is 6.29 Å². The number of thiophene rings is 1. The summed E-state index contributed by atoms with van der Waals surface area (Å²) in [7, 11) is 0. The zero-order valence-electron chi connectivity index (χ0n) is 8.18. The molecule has 1 aromatic carbocycles. The molecule has 2 heterocycles. The summed E-state index contributed by atoms with van der Waals surface area (Å²) in [5, 5.41) is 13.5. The molecule has 3 rings (SSSR count). The molecular weight excluding hydrogens is 222 g/mol. The second-order valence-electron chi connectivity index (χ2n) is 3.51. The standard InChI is InChI=1S/C12H7NO2S/c14-6-8-3-9-10(4-11(8)15)13-5-7-1-2-16-12(7)9/h1-6,15H. The Morgan fingerprint density at radius 1 is 1.38 bits per heavy atom. The Morgan fingerprint density at radius 2 is 2.25 bits per heavy atom. The first-order chi connectivity index (χ1) is 7.79. The van der Waals surface area contributed by atoms with Gasteiger partial charge in [-0.25, -0.2) is 0 Å². The number of hydrogen-bond donors (Lipinski definition) is 1. The minimum absolute atomic E-state index is 0.0223. The highest BCUT2D eigenvalue weighted by Gasteiger charge is 2.07. The summed E-state index contributed by atoms with van der Waals surface area (Å²) in [5.41, 5.74) is 1.01. The van der Waals surface area contributed by atoms with Crippen LogP contribution in [-0.4, -0.2) is 16.4 Å². The number of carbonyl (C=O) groups excluding carboxylic acids is 1. The van der Waals surface area contributed by atoms with Gasteiger partial charge >= 0.3 is 0 Å². The lowest BCUT2D eigenvalue weighted by Gasteiger charge is -2.02. The molecule has 0 fully saturated rings. The number of pyridine rings is 1. The average molecular weight is 229 g/mol. The molecule has 0 aliphatic carbocycles. The number of rotatable bonds is 1. The molecule has 2 aromatic heterocycles. The fraction of sp³-hybridized carbons (Fsp3) is 0. The predicted octanol–water partition coefficient (Wildman–Crippen LogP) is 2.97. The molecule has 0 saturated heterocycles. The molecule has 0 aliphatic rings. The number of fused-ring (bicyclic) bond motifs is 3. The van der Waals surface area contributed by atoms with E-state index in [4.69, 9.17) is 0 Å². The van der Waals surface area contributed by atoms with Crippen molar-refractivity contribution >= 4 is 38.6 Å². The zero-order valence-corrected chi connectivity index (χ0v) is 8.99.